The van der Waals surface area contributed by atoms with Crippen molar-refractivity contribution in [1.82, 2.24) is 9.80 Å². The van der Waals surface area contributed by atoms with Gasteiger partial charge in [0.25, 0.3) is 5.91 Å². The van der Waals surface area contributed by atoms with Gasteiger partial charge in [0.2, 0.25) is 0 Å². The summed E-state index contributed by atoms with van der Waals surface area (Å²) in [6.07, 6.45) is 2.36. The quantitative estimate of drug-likeness (QED) is 0.128. The van der Waals surface area contributed by atoms with Gasteiger partial charge in [-0.2, -0.15) is 0 Å². The second kappa shape index (κ2) is 15.2. The van der Waals surface area contributed by atoms with E-state index in [9.17, 15) is 9.59 Å². The number of aromatic carboxylic acids is 1. The molecule has 2 aliphatic rings. The number of hydrogen-bond acceptors (Lipinski definition) is 8. The standard InChI is InChI=1S/C32H30Cl2N2O6S2/c33-25-17-23(18-26(34)20-25)22-4-7-28(42-15-11-35-9-13-40-14-10-35)24(16-22)19-29-30(37)36(32(43)44-29)8-1-12-41-27-5-2-21(3-6-27)31(38)39/h2-7,16-20H,1,8-15H2,(H,38,39)/b29-19-. The van der Waals surface area contributed by atoms with Crippen molar-refractivity contribution in [3.63, 3.8) is 0 Å². The summed E-state index contributed by atoms with van der Waals surface area (Å²) in [5, 5.41) is 10.1. The highest BCUT2D eigenvalue weighted by molar-refractivity contribution is 8.26. The first-order valence-corrected chi connectivity index (χ1v) is 16.0. The number of rotatable bonds is 12. The van der Waals surface area contributed by atoms with Crippen LogP contribution in [-0.2, 0) is 9.53 Å². The molecule has 0 unspecified atom stereocenters. The van der Waals surface area contributed by atoms with Crippen LogP contribution >= 0.6 is 47.2 Å². The van der Waals surface area contributed by atoms with Crippen molar-refractivity contribution in [2.75, 3.05) is 52.6 Å². The Morgan fingerprint density at radius 3 is 2.39 bits per heavy atom. The Kier molecular flexibility index (Phi) is 11.2. The summed E-state index contributed by atoms with van der Waals surface area (Å²) in [5.41, 5.74) is 2.66. The summed E-state index contributed by atoms with van der Waals surface area (Å²) >= 11 is 19.4. The van der Waals surface area contributed by atoms with Gasteiger partial charge in [-0.15, -0.1) is 0 Å². The third-order valence-corrected chi connectivity index (χ3v) is 8.84. The lowest BCUT2D eigenvalue weighted by atomic mass is 10.0. The number of nitrogens with zero attached hydrogens (tertiary/aromatic N) is 2. The van der Waals surface area contributed by atoms with E-state index in [1.807, 2.05) is 36.4 Å². The van der Waals surface area contributed by atoms with Crippen LogP contribution in [0.3, 0.4) is 0 Å². The lowest BCUT2D eigenvalue weighted by Crippen LogP contribution is -2.38. The first kappa shape index (κ1) is 32.3. The predicted octanol–water partition coefficient (Wildman–Crippen LogP) is 6.74. The summed E-state index contributed by atoms with van der Waals surface area (Å²) in [6, 6.07) is 17.4. The summed E-state index contributed by atoms with van der Waals surface area (Å²) in [6.45, 7) is 5.16. The van der Waals surface area contributed by atoms with Gasteiger partial charge in [0, 0.05) is 41.8 Å². The molecule has 230 valence electrons. The number of thioether (sulfide) groups is 1. The Bertz CT molecular complexity index is 1540. The van der Waals surface area contributed by atoms with E-state index in [1.54, 1.807) is 23.1 Å². The van der Waals surface area contributed by atoms with Crippen molar-refractivity contribution in [3.05, 3.63) is 86.7 Å². The smallest absolute Gasteiger partial charge is 0.335 e. The first-order valence-electron chi connectivity index (χ1n) is 14.0. The molecule has 2 fully saturated rings. The van der Waals surface area contributed by atoms with Gasteiger partial charge < -0.3 is 19.3 Å². The molecule has 0 bridgehead atoms. The molecule has 2 saturated heterocycles. The Labute approximate surface area is 275 Å². The van der Waals surface area contributed by atoms with Crippen molar-refractivity contribution in [1.29, 1.82) is 0 Å². The maximum atomic E-state index is 13.4. The molecule has 2 heterocycles. The summed E-state index contributed by atoms with van der Waals surface area (Å²) < 4.78 is 17.9. The first-order chi connectivity index (χ1) is 21.3. The second-order valence-corrected chi connectivity index (χ2v) is 12.6. The van der Waals surface area contributed by atoms with Gasteiger partial charge in [-0.05, 0) is 78.2 Å². The Morgan fingerprint density at radius 2 is 1.68 bits per heavy atom. The van der Waals surface area contributed by atoms with Crippen LogP contribution in [0.2, 0.25) is 10.0 Å². The number of morpholine rings is 1. The molecule has 0 saturated carbocycles. The monoisotopic (exact) mass is 672 g/mol. The molecule has 1 N–H and O–H groups in total. The molecular formula is C32H30Cl2N2O6S2. The Morgan fingerprint density at radius 1 is 0.955 bits per heavy atom. The maximum absolute atomic E-state index is 13.4. The summed E-state index contributed by atoms with van der Waals surface area (Å²) in [7, 11) is 0. The number of carboxylic acids is 1. The lowest BCUT2D eigenvalue weighted by Gasteiger charge is -2.26. The number of amides is 1. The zero-order valence-corrected chi connectivity index (χ0v) is 26.8. The number of benzene rings is 3. The van der Waals surface area contributed by atoms with Crippen LogP contribution in [0.5, 0.6) is 11.5 Å². The van der Waals surface area contributed by atoms with Crippen LogP contribution < -0.4 is 9.47 Å². The van der Waals surface area contributed by atoms with Crippen LogP contribution in [0.15, 0.2) is 65.6 Å². The van der Waals surface area contributed by atoms with Gasteiger partial charge >= 0.3 is 5.97 Å². The topological polar surface area (TPSA) is 88.5 Å². The highest BCUT2D eigenvalue weighted by atomic mass is 35.5. The van der Waals surface area contributed by atoms with Crippen molar-refractivity contribution in [2.24, 2.45) is 0 Å². The summed E-state index contributed by atoms with van der Waals surface area (Å²) in [5.74, 6) is 0.0394. The largest absolute Gasteiger partial charge is 0.494 e. The molecule has 44 heavy (non-hydrogen) atoms. The molecule has 12 heteroatoms. The van der Waals surface area contributed by atoms with E-state index < -0.39 is 5.97 Å². The zero-order valence-electron chi connectivity index (χ0n) is 23.7. The predicted molar refractivity (Wildman–Crippen MR) is 178 cm³/mol. The van der Waals surface area contributed by atoms with Gasteiger partial charge in [0.1, 0.15) is 22.4 Å². The number of halogens is 2. The van der Waals surface area contributed by atoms with Gasteiger partial charge in [-0.3, -0.25) is 14.6 Å². The number of ether oxygens (including phenoxy) is 3. The molecule has 0 spiro atoms. The third-order valence-electron chi connectivity index (χ3n) is 7.03. The fraction of sp³-hybridized carbons (Fsp3) is 0.281. The molecule has 0 atom stereocenters. The van der Waals surface area contributed by atoms with E-state index in [0.717, 1.165) is 49.5 Å². The highest BCUT2D eigenvalue weighted by Crippen LogP contribution is 2.36. The van der Waals surface area contributed by atoms with Gasteiger partial charge in [0.05, 0.1) is 30.3 Å². The maximum Gasteiger partial charge on any atom is 0.335 e. The molecule has 5 rings (SSSR count). The van der Waals surface area contributed by atoms with Crippen molar-refractivity contribution in [2.45, 2.75) is 6.42 Å². The fourth-order valence-electron chi connectivity index (χ4n) is 4.74. The average molecular weight is 674 g/mol. The molecule has 3 aromatic rings. The molecule has 3 aromatic carbocycles. The van der Waals surface area contributed by atoms with Crippen molar-refractivity contribution >= 4 is 69.5 Å². The van der Waals surface area contributed by atoms with Crippen LogP contribution in [0.1, 0.15) is 22.3 Å². The minimum atomic E-state index is -0.994. The third kappa shape index (κ3) is 8.53. The van der Waals surface area contributed by atoms with E-state index in [1.165, 1.54) is 23.9 Å². The number of hydrogen-bond donors (Lipinski definition) is 1. The molecule has 0 radical (unpaired) electrons. The van der Waals surface area contributed by atoms with Crippen molar-refractivity contribution in [3.8, 4) is 22.6 Å². The molecule has 2 aliphatic heterocycles. The Hall–Kier alpha value is -3.12. The normalized spacial score (nSPS) is 16.5. The Balaban J connectivity index is 1.28. The number of carboxylic acid groups (broad SMARTS) is 1. The zero-order chi connectivity index (χ0) is 31.1. The van der Waals surface area contributed by atoms with Crippen LogP contribution in [-0.4, -0.2) is 83.7 Å². The number of carbonyl (C=O) groups excluding carboxylic acids is 1. The SMILES string of the molecule is O=C(O)c1ccc(OCCCN2C(=O)/C(=C/c3cc(-c4cc(Cl)cc(Cl)c4)ccc3OCCN3CCOCC3)SC2=S)cc1. The fourth-order valence-corrected chi connectivity index (χ4v) is 6.57. The van der Waals surface area contributed by atoms with E-state index >= 15 is 0 Å². The van der Waals surface area contributed by atoms with Crippen LogP contribution in [0.4, 0.5) is 0 Å². The average Bonchev–Trinajstić information content (AvgIpc) is 3.27. The van der Waals surface area contributed by atoms with Crippen molar-refractivity contribution < 1.29 is 28.9 Å². The van der Waals surface area contributed by atoms with Gasteiger partial charge in [-0.1, -0.05) is 53.2 Å². The molecular weight excluding hydrogens is 643 g/mol. The minimum Gasteiger partial charge on any atom is -0.494 e. The second-order valence-electron chi connectivity index (χ2n) is 10.1. The van der Waals surface area contributed by atoms with Gasteiger partial charge in [-0.25, -0.2) is 4.79 Å². The van der Waals surface area contributed by atoms with Crippen LogP contribution in [0.25, 0.3) is 17.2 Å². The lowest BCUT2D eigenvalue weighted by molar-refractivity contribution is -0.122. The number of thiocarbonyl (C=S) groups is 1. The molecule has 0 aliphatic carbocycles. The highest BCUT2D eigenvalue weighted by Gasteiger charge is 2.32. The van der Waals surface area contributed by atoms with Crippen LogP contribution in [0, 0.1) is 0 Å². The molecule has 8 nitrogen and oxygen atoms in total. The van der Waals surface area contributed by atoms with E-state index in [-0.39, 0.29) is 11.5 Å². The minimum absolute atomic E-state index is 0.179. The molecule has 1 amide bonds. The van der Waals surface area contributed by atoms with E-state index in [2.05, 4.69) is 4.90 Å². The van der Waals surface area contributed by atoms with E-state index in [0.29, 0.717) is 56.9 Å². The molecule has 0 aromatic heterocycles. The number of carbonyl (C=O) groups is 2. The summed E-state index contributed by atoms with van der Waals surface area (Å²) in [4.78, 5) is 28.8. The van der Waals surface area contributed by atoms with E-state index in [4.69, 9.17) is 54.7 Å². The van der Waals surface area contributed by atoms with Gasteiger partial charge in [0.15, 0.2) is 0 Å².